The van der Waals surface area contributed by atoms with Crippen LogP contribution in [0.3, 0.4) is 0 Å². The maximum absolute atomic E-state index is 11.8. The van der Waals surface area contributed by atoms with Crippen LogP contribution in [0.5, 0.6) is 0 Å². The fourth-order valence-electron chi connectivity index (χ4n) is 1.40. The van der Waals surface area contributed by atoms with E-state index in [-0.39, 0.29) is 5.56 Å². The highest BCUT2D eigenvalue weighted by Crippen LogP contribution is 2.12. The van der Waals surface area contributed by atoms with E-state index in [0.29, 0.717) is 34.7 Å². The molecule has 19 heavy (non-hydrogen) atoms. The van der Waals surface area contributed by atoms with E-state index in [1.54, 1.807) is 13.3 Å². The molecule has 2 aromatic rings. The Morgan fingerprint density at radius 2 is 2.53 bits per heavy atom. The molecule has 6 nitrogen and oxygen atoms in total. The van der Waals surface area contributed by atoms with Crippen LogP contribution in [-0.4, -0.2) is 34.8 Å². The van der Waals surface area contributed by atoms with Gasteiger partial charge in [0.2, 0.25) is 0 Å². The Labute approximate surface area is 118 Å². The lowest BCUT2D eigenvalue weighted by atomic mass is 10.4. The van der Waals surface area contributed by atoms with Crippen molar-refractivity contribution in [3.8, 4) is 0 Å². The predicted octanol–water partition coefficient (Wildman–Crippen LogP) is 0.950. The fraction of sp³-hybridized carbons (Fsp3) is 0.364. The van der Waals surface area contributed by atoms with Crippen LogP contribution < -0.4 is 11.3 Å². The zero-order valence-electron chi connectivity index (χ0n) is 10.4. The van der Waals surface area contributed by atoms with E-state index in [4.69, 9.17) is 10.5 Å². The van der Waals surface area contributed by atoms with Gasteiger partial charge in [0, 0.05) is 30.5 Å². The Bertz CT molecular complexity index is 635. The zero-order chi connectivity index (χ0) is 13.7. The number of hydrogen-bond donors (Lipinski definition) is 1. The van der Waals surface area contributed by atoms with Gasteiger partial charge in [-0.3, -0.25) is 14.2 Å². The Morgan fingerprint density at radius 3 is 3.32 bits per heavy atom. The molecule has 0 saturated heterocycles. The minimum absolute atomic E-state index is 0.0725. The fourth-order valence-corrected chi connectivity index (χ4v) is 2.77. The number of amidine groups is 1. The number of nitrogens with two attached hydrogens (primary N) is 1. The van der Waals surface area contributed by atoms with Crippen molar-refractivity contribution < 1.29 is 4.74 Å². The molecule has 2 N–H and O–H groups in total. The Morgan fingerprint density at radius 1 is 1.68 bits per heavy atom. The van der Waals surface area contributed by atoms with Gasteiger partial charge in [-0.25, -0.2) is 4.98 Å². The van der Waals surface area contributed by atoms with E-state index >= 15 is 0 Å². The average Bonchev–Trinajstić information content (AvgIpc) is 2.85. The van der Waals surface area contributed by atoms with Crippen molar-refractivity contribution in [3.63, 3.8) is 0 Å². The van der Waals surface area contributed by atoms with Crippen LogP contribution >= 0.6 is 23.1 Å². The molecule has 8 heteroatoms. The van der Waals surface area contributed by atoms with Gasteiger partial charge < -0.3 is 10.5 Å². The molecule has 0 saturated carbocycles. The van der Waals surface area contributed by atoms with Crippen molar-refractivity contribution in [2.45, 2.75) is 5.75 Å². The first kappa shape index (κ1) is 14.0. The summed E-state index contributed by atoms with van der Waals surface area (Å²) in [7, 11) is 1.62. The summed E-state index contributed by atoms with van der Waals surface area (Å²) in [4.78, 5) is 21.0. The lowest BCUT2D eigenvalue weighted by Gasteiger charge is -2.01. The van der Waals surface area contributed by atoms with Crippen LogP contribution in [0.1, 0.15) is 5.69 Å². The number of thiazole rings is 1. The molecule has 0 aromatic carbocycles. The molecule has 0 spiro atoms. The molecule has 0 radical (unpaired) electrons. The molecule has 0 aliphatic carbocycles. The normalized spacial score (nSPS) is 12.2. The topological polar surface area (TPSA) is 82.0 Å². The lowest BCUT2D eigenvalue weighted by Crippen LogP contribution is -2.14. The summed E-state index contributed by atoms with van der Waals surface area (Å²) in [6.07, 6.45) is 1.72. The summed E-state index contributed by atoms with van der Waals surface area (Å²) in [5.74, 6) is 0.534. The number of thioether (sulfide) groups is 1. The van der Waals surface area contributed by atoms with Crippen molar-refractivity contribution in [1.82, 2.24) is 9.38 Å². The van der Waals surface area contributed by atoms with Gasteiger partial charge in [0.25, 0.3) is 5.56 Å². The maximum Gasteiger partial charge on any atom is 0.258 e. The quantitative estimate of drug-likeness (QED) is 0.505. The molecule has 0 aliphatic heterocycles. The Hall–Kier alpha value is -1.38. The first-order valence-electron chi connectivity index (χ1n) is 5.58. The molecule has 2 heterocycles. The van der Waals surface area contributed by atoms with E-state index in [1.165, 1.54) is 33.6 Å². The smallest absolute Gasteiger partial charge is 0.258 e. The zero-order valence-corrected chi connectivity index (χ0v) is 12.0. The second-order valence-corrected chi connectivity index (χ2v) is 5.51. The molecule has 0 atom stereocenters. The van der Waals surface area contributed by atoms with Crippen LogP contribution in [0, 0.1) is 0 Å². The van der Waals surface area contributed by atoms with Crippen molar-refractivity contribution in [3.05, 3.63) is 33.7 Å². The van der Waals surface area contributed by atoms with E-state index < -0.39 is 0 Å². The van der Waals surface area contributed by atoms with E-state index in [0.717, 1.165) is 0 Å². The van der Waals surface area contributed by atoms with E-state index in [9.17, 15) is 4.79 Å². The molecule has 2 rings (SSSR count). The number of nitrogens with zero attached hydrogens (tertiary/aromatic N) is 3. The summed E-state index contributed by atoms with van der Waals surface area (Å²) >= 11 is 2.80. The predicted molar refractivity (Wildman–Crippen MR) is 79.0 cm³/mol. The highest BCUT2D eigenvalue weighted by molar-refractivity contribution is 8.13. The summed E-state index contributed by atoms with van der Waals surface area (Å²) in [6, 6.07) is 1.52. The van der Waals surface area contributed by atoms with Crippen molar-refractivity contribution in [2.75, 3.05) is 20.3 Å². The molecule has 0 bridgehead atoms. The number of ether oxygens (including phenoxy) is 1. The monoisotopic (exact) mass is 298 g/mol. The summed E-state index contributed by atoms with van der Waals surface area (Å²) in [5.41, 5.74) is 6.38. The van der Waals surface area contributed by atoms with Gasteiger partial charge in [-0.2, -0.15) is 0 Å². The molecule has 0 aliphatic rings. The first-order valence-corrected chi connectivity index (χ1v) is 7.44. The SMILES string of the molecule is COCCN=C(N)SCc1cc(=O)n2ccsc2n1. The Kier molecular flexibility index (Phi) is 4.94. The third-order valence-electron chi connectivity index (χ3n) is 2.29. The minimum atomic E-state index is -0.0725. The summed E-state index contributed by atoms with van der Waals surface area (Å²) < 4.78 is 6.41. The van der Waals surface area contributed by atoms with Crippen LogP contribution in [0.15, 0.2) is 27.4 Å². The van der Waals surface area contributed by atoms with Crippen molar-refractivity contribution >= 4 is 33.2 Å². The third kappa shape index (κ3) is 3.79. The van der Waals surface area contributed by atoms with Crippen LogP contribution in [-0.2, 0) is 10.5 Å². The summed E-state index contributed by atoms with van der Waals surface area (Å²) in [6.45, 7) is 1.08. The van der Waals surface area contributed by atoms with Crippen LogP contribution in [0.25, 0.3) is 4.96 Å². The molecule has 2 aromatic heterocycles. The molecular formula is C11H14N4O2S2. The van der Waals surface area contributed by atoms with Gasteiger partial charge in [-0.05, 0) is 0 Å². The second-order valence-electron chi connectivity index (χ2n) is 3.64. The van der Waals surface area contributed by atoms with Gasteiger partial charge in [0.15, 0.2) is 10.1 Å². The highest BCUT2D eigenvalue weighted by atomic mass is 32.2. The van der Waals surface area contributed by atoms with Gasteiger partial charge >= 0.3 is 0 Å². The molecular weight excluding hydrogens is 284 g/mol. The number of aliphatic imine (C=N–C) groups is 1. The van der Waals surface area contributed by atoms with Crippen molar-refractivity contribution in [2.24, 2.45) is 10.7 Å². The first-order chi connectivity index (χ1) is 9.20. The van der Waals surface area contributed by atoms with Gasteiger partial charge in [-0.15, -0.1) is 11.3 Å². The number of fused-ring (bicyclic) bond motifs is 1. The number of aromatic nitrogens is 2. The van der Waals surface area contributed by atoms with Crippen LogP contribution in [0.2, 0.25) is 0 Å². The van der Waals surface area contributed by atoms with Crippen molar-refractivity contribution in [1.29, 1.82) is 0 Å². The number of methoxy groups -OCH3 is 1. The lowest BCUT2D eigenvalue weighted by molar-refractivity contribution is 0.208. The molecule has 102 valence electrons. The third-order valence-corrected chi connectivity index (χ3v) is 3.91. The van der Waals surface area contributed by atoms with Gasteiger partial charge in [0.05, 0.1) is 18.8 Å². The van der Waals surface area contributed by atoms with Gasteiger partial charge in [0.1, 0.15) is 0 Å². The molecule has 0 amide bonds. The summed E-state index contributed by atoms with van der Waals surface area (Å²) in [5, 5.41) is 2.31. The molecule has 0 unspecified atom stereocenters. The number of hydrogen-bond acceptors (Lipinski definition) is 6. The average molecular weight is 298 g/mol. The highest BCUT2D eigenvalue weighted by Gasteiger charge is 2.04. The maximum atomic E-state index is 11.8. The Balaban J connectivity index is 2.01. The second kappa shape index (κ2) is 6.69. The van der Waals surface area contributed by atoms with Crippen LogP contribution in [0.4, 0.5) is 0 Å². The minimum Gasteiger partial charge on any atom is -0.383 e. The largest absolute Gasteiger partial charge is 0.383 e. The molecule has 0 fully saturated rings. The van der Waals surface area contributed by atoms with E-state index in [2.05, 4.69) is 9.98 Å². The van der Waals surface area contributed by atoms with Gasteiger partial charge in [-0.1, -0.05) is 11.8 Å². The standard InChI is InChI=1S/C11H14N4O2S2/c1-17-4-2-13-10(12)19-7-8-6-9(16)15-3-5-18-11(15)14-8/h3,5-6H,2,4,7H2,1H3,(H2,12,13). The number of rotatable bonds is 5. The van der Waals surface area contributed by atoms with E-state index in [1.807, 2.05) is 5.38 Å².